The number of ether oxygens (including phenoxy) is 1. The molecule has 0 fully saturated rings. The van der Waals surface area contributed by atoms with Crippen LogP contribution in [0, 0.1) is 13.8 Å². The van der Waals surface area contributed by atoms with Crippen LogP contribution in [-0.4, -0.2) is 41.4 Å². The molecule has 0 unspecified atom stereocenters. The summed E-state index contributed by atoms with van der Waals surface area (Å²) in [6, 6.07) is 7.54. The van der Waals surface area contributed by atoms with Gasteiger partial charge in [-0.3, -0.25) is 0 Å². The second kappa shape index (κ2) is 7.82. The van der Waals surface area contributed by atoms with Gasteiger partial charge in [0.25, 0.3) is 0 Å². The summed E-state index contributed by atoms with van der Waals surface area (Å²) in [5.74, 6) is 0.992. The summed E-state index contributed by atoms with van der Waals surface area (Å²) in [6.45, 7) is 8.35. The van der Waals surface area contributed by atoms with Crippen molar-refractivity contribution >= 4 is 34.7 Å². The number of halogens is 2. The van der Waals surface area contributed by atoms with Gasteiger partial charge >= 0.3 is 0 Å². The molecule has 0 saturated heterocycles. The average molecular weight is 393 g/mol. The lowest BCUT2D eigenvalue weighted by atomic mass is 10.1. The maximum Gasteiger partial charge on any atom is 0.165 e. The molecule has 1 aromatic carbocycles. The van der Waals surface area contributed by atoms with Gasteiger partial charge in [-0.1, -0.05) is 29.3 Å². The van der Waals surface area contributed by atoms with Crippen LogP contribution in [0.4, 0.5) is 5.82 Å². The van der Waals surface area contributed by atoms with Gasteiger partial charge in [-0.15, -0.1) is 0 Å². The van der Waals surface area contributed by atoms with E-state index in [0.717, 1.165) is 47.1 Å². The average Bonchev–Trinajstić information content (AvgIpc) is 2.91. The highest BCUT2D eigenvalue weighted by atomic mass is 35.5. The van der Waals surface area contributed by atoms with Crippen LogP contribution in [0.2, 0.25) is 10.0 Å². The molecule has 26 heavy (non-hydrogen) atoms. The van der Waals surface area contributed by atoms with Gasteiger partial charge in [-0.2, -0.15) is 9.61 Å². The fourth-order valence-electron chi connectivity index (χ4n) is 3.09. The Hall–Kier alpha value is -1.82. The molecule has 0 aliphatic heterocycles. The summed E-state index contributed by atoms with van der Waals surface area (Å²) >= 11 is 12.5. The standard InChI is InChI=1S/C19H22Cl2N4O/c1-5-24(8-9-26-4)17-10-12(2)22-19-18(13(3)23-25(17)19)15-7-6-14(20)11-16(15)21/h6-7,10-11H,5,8-9H2,1-4H3. The van der Waals surface area contributed by atoms with Crippen LogP contribution >= 0.6 is 23.2 Å². The molecule has 0 spiro atoms. The number of anilines is 1. The molecule has 0 bridgehead atoms. The zero-order valence-electron chi connectivity index (χ0n) is 15.4. The molecule has 138 valence electrons. The van der Waals surface area contributed by atoms with Crippen molar-refractivity contribution in [2.45, 2.75) is 20.8 Å². The number of methoxy groups -OCH3 is 1. The third kappa shape index (κ3) is 3.52. The highest BCUT2D eigenvalue weighted by molar-refractivity contribution is 6.36. The van der Waals surface area contributed by atoms with Crippen LogP contribution in [-0.2, 0) is 4.74 Å². The first-order valence-corrected chi connectivity index (χ1v) is 9.28. The number of likely N-dealkylation sites (N-methyl/N-ethyl adjacent to an activating group) is 1. The number of rotatable bonds is 6. The van der Waals surface area contributed by atoms with Crippen molar-refractivity contribution < 1.29 is 4.74 Å². The lowest BCUT2D eigenvalue weighted by Gasteiger charge is -2.23. The zero-order valence-corrected chi connectivity index (χ0v) is 16.9. The van der Waals surface area contributed by atoms with E-state index in [1.165, 1.54) is 0 Å². The molecule has 0 saturated carbocycles. The van der Waals surface area contributed by atoms with Crippen LogP contribution in [0.1, 0.15) is 18.3 Å². The van der Waals surface area contributed by atoms with Gasteiger partial charge in [0, 0.05) is 42.5 Å². The summed E-state index contributed by atoms with van der Waals surface area (Å²) in [5.41, 5.74) is 4.40. The van der Waals surface area contributed by atoms with Crippen LogP contribution in [0.25, 0.3) is 16.8 Å². The van der Waals surface area contributed by atoms with Crippen molar-refractivity contribution in [1.82, 2.24) is 14.6 Å². The maximum atomic E-state index is 6.46. The summed E-state index contributed by atoms with van der Waals surface area (Å²) in [6.07, 6.45) is 0. The Balaban J connectivity index is 2.23. The molecule has 2 aromatic heterocycles. The van der Waals surface area contributed by atoms with Gasteiger partial charge in [-0.05, 0) is 32.9 Å². The number of nitrogens with zero attached hydrogens (tertiary/aromatic N) is 4. The number of aryl methyl sites for hydroxylation is 2. The quantitative estimate of drug-likeness (QED) is 0.604. The van der Waals surface area contributed by atoms with Crippen molar-refractivity contribution in [2.24, 2.45) is 0 Å². The summed E-state index contributed by atoms with van der Waals surface area (Å²) < 4.78 is 7.14. The van der Waals surface area contributed by atoms with E-state index in [0.29, 0.717) is 16.7 Å². The Morgan fingerprint density at radius 2 is 1.96 bits per heavy atom. The highest BCUT2D eigenvalue weighted by Gasteiger charge is 2.20. The molecule has 3 rings (SSSR count). The van der Waals surface area contributed by atoms with Gasteiger partial charge in [-0.25, -0.2) is 4.98 Å². The zero-order chi connectivity index (χ0) is 18.8. The van der Waals surface area contributed by atoms with Crippen LogP contribution in [0.3, 0.4) is 0 Å². The van der Waals surface area contributed by atoms with Gasteiger partial charge in [0.05, 0.1) is 22.9 Å². The van der Waals surface area contributed by atoms with Gasteiger partial charge in [0.2, 0.25) is 0 Å². The third-order valence-electron chi connectivity index (χ3n) is 4.34. The first-order chi connectivity index (χ1) is 12.5. The SMILES string of the molecule is CCN(CCOC)c1cc(C)nc2c(-c3ccc(Cl)cc3Cl)c(C)nn12. The van der Waals surface area contributed by atoms with Crippen molar-refractivity contribution in [3.05, 3.63) is 45.7 Å². The molecule has 0 radical (unpaired) electrons. The second-order valence-corrected chi connectivity index (χ2v) is 6.99. The Morgan fingerprint density at radius 1 is 1.19 bits per heavy atom. The van der Waals surface area contributed by atoms with Crippen LogP contribution in [0.5, 0.6) is 0 Å². The highest BCUT2D eigenvalue weighted by Crippen LogP contribution is 2.35. The first-order valence-electron chi connectivity index (χ1n) is 8.52. The predicted octanol–water partition coefficient (Wildman–Crippen LogP) is 4.79. The number of hydrogen-bond acceptors (Lipinski definition) is 4. The number of aromatic nitrogens is 3. The Bertz CT molecular complexity index is 939. The lowest BCUT2D eigenvalue weighted by Crippen LogP contribution is -2.29. The van der Waals surface area contributed by atoms with Gasteiger partial charge in [0.1, 0.15) is 5.82 Å². The van der Waals surface area contributed by atoms with E-state index >= 15 is 0 Å². The molecule has 0 N–H and O–H groups in total. The Labute approximate surface area is 163 Å². The fraction of sp³-hybridized carbons (Fsp3) is 0.368. The van der Waals surface area contributed by atoms with Crippen molar-refractivity contribution in [1.29, 1.82) is 0 Å². The number of benzene rings is 1. The molecule has 2 heterocycles. The van der Waals surface area contributed by atoms with E-state index in [9.17, 15) is 0 Å². The molecule has 0 atom stereocenters. The smallest absolute Gasteiger partial charge is 0.165 e. The molecule has 0 aliphatic carbocycles. The molecule has 7 heteroatoms. The van der Waals surface area contributed by atoms with E-state index in [-0.39, 0.29) is 0 Å². The molecule has 0 amide bonds. The normalized spacial score (nSPS) is 11.3. The summed E-state index contributed by atoms with van der Waals surface area (Å²) in [5, 5.41) is 5.95. The third-order valence-corrected chi connectivity index (χ3v) is 4.89. The van der Waals surface area contributed by atoms with Gasteiger partial charge in [0.15, 0.2) is 5.65 Å². The van der Waals surface area contributed by atoms with E-state index in [1.807, 2.05) is 36.6 Å². The topological polar surface area (TPSA) is 42.7 Å². The molecule has 5 nitrogen and oxygen atoms in total. The first kappa shape index (κ1) is 19.0. The fourth-order valence-corrected chi connectivity index (χ4v) is 3.60. The van der Waals surface area contributed by atoms with Crippen LogP contribution < -0.4 is 4.90 Å². The van der Waals surface area contributed by atoms with E-state index in [1.54, 1.807) is 13.2 Å². The minimum absolute atomic E-state index is 0.590. The van der Waals surface area contributed by atoms with Crippen molar-refractivity contribution in [3.8, 4) is 11.1 Å². The summed E-state index contributed by atoms with van der Waals surface area (Å²) in [7, 11) is 1.71. The molecular formula is C19H22Cl2N4O. The minimum atomic E-state index is 0.590. The van der Waals surface area contributed by atoms with Gasteiger partial charge < -0.3 is 9.64 Å². The Kier molecular flexibility index (Phi) is 5.70. The molecule has 3 aromatic rings. The van der Waals surface area contributed by atoms with Crippen molar-refractivity contribution in [3.63, 3.8) is 0 Å². The minimum Gasteiger partial charge on any atom is -0.383 e. The number of hydrogen-bond donors (Lipinski definition) is 0. The second-order valence-electron chi connectivity index (χ2n) is 6.15. The van der Waals surface area contributed by atoms with E-state index < -0.39 is 0 Å². The van der Waals surface area contributed by atoms with E-state index in [4.69, 9.17) is 38.0 Å². The summed E-state index contributed by atoms with van der Waals surface area (Å²) in [4.78, 5) is 6.97. The number of fused-ring (bicyclic) bond motifs is 1. The Morgan fingerprint density at radius 3 is 2.62 bits per heavy atom. The monoisotopic (exact) mass is 392 g/mol. The van der Waals surface area contributed by atoms with E-state index in [2.05, 4.69) is 11.8 Å². The van der Waals surface area contributed by atoms with Crippen LogP contribution in [0.15, 0.2) is 24.3 Å². The lowest BCUT2D eigenvalue weighted by molar-refractivity contribution is 0.205. The molecular weight excluding hydrogens is 371 g/mol. The predicted molar refractivity (Wildman–Crippen MR) is 108 cm³/mol. The maximum absolute atomic E-state index is 6.46. The van der Waals surface area contributed by atoms with Crippen molar-refractivity contribution in [2.75, 3.05) is 31.7 Å². The largest absolute Gasteiger partial charge is 0.383 e. The molecule has 0 aliphatic rings.